The summed E-state index contributed by atoms with van der Waals surface area (Å²) in [6.45, 7) is 5.45. The summed E-state index contributed by atoms with van der Waals surface area (Å²) in [5.74, 6) is 2.01. The molecule has 0 bridgehead atoms. The van der Waals surface area contributed by atoms with Crippen LogP contribution in [0.5, 0.6) is 5.75 Å². The standard InChI is InChI=1S/C12H17N5OS/c1-4-13-11-10(18-3)12(17-7-16-11)15-6-9-5-14-8(2)19-9/h5,7H,4,6H2,1-3H3,(H2,13,15,16,17). The maximum absolute atomic E-state index is 5.36. The van der Waals surface area contributed by atoms with Gasteiger partial charge in [0, 0.05) is 17.6 Å². The number of hydrogen-bond donors (Lipinski definition) is 2. The van der Waals surface area contributed by atoms with Crippen LogP contribution in [0, 0.1) is 6.92 Å². The third-order valence-electron chi connectivity index (χ3n) is 2.45. The normalized spacial score (nSPS) is 10.3. The lowest BCUT2D eigenvalue weighted by Gasteiger charge is -2.12. The number of aromatic nitrogens is 3. The van der Waals surface area contributed by atoms with Crippen molar-refractivity contribution in [2.45, 2.75) is 20.4 Å². The number of nitrogens with zero attached hydrogens (tertiary/aromatic N) is 3. The topological polar surface area (TPSA) is 72.0 Å². The Balaban J connectivity index is 2.13. The van der Waals surface area contributed by atoms with Gasteiger partial charge in [0.15, 0.2) is 11.6 Å². The van der Waals surface area contributed by atoms with Crippen molar-refractivity contribution in [1.82, 2.24) is 15.0 Å². The zero-order chi connectivity index (χ0) is 13.7. The summed E-state index contributed by atoms with van der Waals surface area (Å²) in [6, 6.07) is 0. The number of rotatable bonds is 6. The molecule has 0 unspecified atom stereocenters. The molecule has 0 fully saturated rings. The fourth-order valence-electron chi connectivity index (χ4n) is 1.64. The van der Waals surface area contributed by atoms with Crippen molar-refractivity contribution in [3.8, 4) is 5.75 Å². The van der Waals surface area contributed by atoms with E-state index < -0.39 is 0 Å². The summed E-state index contributed by atoms with van der Waals surface area (Å²) in [6.07, 6.45) is 3.38. The van der Waals surface area contributed by atoms with Gasteiger partial charge in [-0.15, -0.1) is 11.3 Å². The fourth-order valence-corrected chi connectivity index (χ4v) is 2.38. The van der Waals surface area contributed by atoms with E-state index in [1.807, 2.05) is 20.0 Å². The highest BCUT2D eigenvalue weighted by molar-refractivity contribution is 7.11. The quantitative estimate of drug-likeness (QED) is 0.845. The minimum atomic E-state index is 0.630. The predicted octanol–water partition coefficient (Wildman–Crippen LogP) is 2.29. The summed E-state index contributed by atoms with van der Waals surface area (Å²) < 4.78 is 5.36. The van der Waals surface area contributed by atoms with Crippen molar-refractivity contribution >= 4 is 23.0 Å². The van der Waals surface area contributed by atoms with E-state index in [0.29, 0.717) is 23.9 Å². The Morgan fingerprint density at radius 3 is 2.53 bits per heavy atom. The minimum absolute atomic E-state index is 0.630. The first-order valence-electron chi connectivity index (χ1n) is 6.02. The molecule has 2 rings (SSSR count). The summed E-state index contributed by atoms with van der Waals surface area (Å²) in [5.41, 5.74) is 0. The van der Waals surface area contributed by atoms with Gasteiger partial charge in [-0.25, -0.2) is 15.0 Å². The molecule has 2 aromatic rings. The molecule has 2 aromatic heterocycles. The molecule has 0 radical (unpaired) electrons. The highest BCUT2D eigenvalue weighted by Gasteiger charge is 2.11. The summed E-state index contributed by atoms with van der Waals surface area (Å²) >= 11 is 1.66. The first-order valence-corrected chi connectivity index (χ1v) is 6.84. The van der Waals surface area contributed by atoms with Gasteiger partial charge in [-0.1, -0.05) is 0 Å². The maximum Gasteiger partial charge on any atom is 0.204 e. The number of hydrogen-bond acceptors (Lipinski definition) is 7. The maximum atomic E-state index is 5.36. The van der Waals surface area contributed by atoms with Crippen LogP contribution in [0.25, 0.3) is 0 Å². The SMILES string of the molecule is CCNc1ncnc(NCc2cnc(C)s2)c1OC. The predicted molar refractivity (Wildman–Crippen MR) is 76.9 cm³/mol. The molecule has 0 aliphatic heterocycles. The third kappa shape index (κ3) is 3.31. The van der Waals surface area contributed by atoms with Gasteiger partial charge in [-0.2, -0.15) is 0 Å². The summed E-state index contributed by atoms with van der Waals surface area (Å²) in [7, 11) is 1.61. The van der Waals surface area contributed by atoms with Gasteiger partial charge in [0.1, 0.15) is 6.33 Å². The second-order valence-corrected chi connectivity index (χ2v) is 5.15. The van der Waals surface area contributed by atoms with E-state index in [4.69, 9.17) is 4.74 Å². The molecule has 0 aliphatic rings. The first kappa shape index (κ1) is 13.5. The second kappa shape index (κ2) is 6.33. The van der Waals surface area contributed by atoms with Crippen LogP contribution in [0.1, 0.15) is 16.8 Å². The van der Waals surface area contributed by atoms with Gasteiger partial charge >= 0.3 is 0 Å². The zero-order valence-corrected chi connectivity index (χ0v) is 12.0. The molecule has 0 atom stereocenters. The molecule has 7 heteroatoms. The largest absolute Gasteiger partial charge is 0.490 e. The van der Waals surface area contributed by atoms with Crippen LogP contribution in [0.3, 0.4) is 0 Å². The lowest BCUT2D eigenvalue weighted by atomic mass is 10.4. The lowest BCUT2D eigenvalue weighted by Crippen LogP contribution is -2.07. The minimum Gasteiger partial charge on any atom is -0.490 e. The molecular formula is C12H17N5OS. The molecule has 0 aromatic carbocycles. The van der Waals surface area contributed by atoms with Crippen LogP contribution < -0.4 is 15.4 Å². The van der Waals surface area contributed by atoms with Crippen molar-refractivity contribution in [1.29, 1.82) is 0 Å². The molecule has 0 aliphatic carbocycles. The Morgan fingerprint density at radius 2 is 1.95 bits per heavy atom. The smallest absolute Gasteiger partial charge is 0.204 e. The van der Waals surface area contributed by atoms with Crippen LogP contribution >= 0.6 is 11.3 Å². The lowest BCUT2D eigenvalue weighted by molar-refractivity contribution is 0.414. The van der Waals surface area contributed by atoms with E-state index in [1.54, 1.807) is 18.4 Å². The molecule has 19 heavy (non-hydrogen) atoms. The Hall–Kier alpha value is -1.89. The van der Waals surface area contributed by atoms with E-state index in [1.165, 1.54) is 6.33 Å². The highest BCUT2D eigenvalue weighted by Crippen LogP contribution is 2.29. The van der Waals surface area contributed by atoms with Gasteiger partial charge < -0.3 is 15.4 Å². The van der Waals surface area contributed by atoms with E-state index in [0.717, 1.165) is 16.4 Å². The van der Waals surface area contributed by atoms with Crippen molar-refractivity contribution in [3.05, 3.63) is 22.4 Å². The van der Waals surface area contributed by atoms with E-state index >= 15 is 0 Å². The number of methoxy groups -OCH3 is 1. The number of anilines is 2. The molecule has 0 amide bonds. The summed E-state index contributed by atoms with van der Waals surface area (Å²) in [4.78, 5) is 13.7. The van der Waals surface area contributed by atoms with Crippen molar-refractivity contribution in [3.63, 3.8) is 0 Å². The highest BCUT2D eigenvalue weighted by atomic mass is 32.1. The Kier molecular flexibility index (Phi) is 4.51. The monoisotopic (exact) mass is 279 g/mol. The van der Waals surface area contributed by atoms with Gasteiger partial charge in [0.05, 0.1) is 18.7 Å². The van der Waals surface area contributed by atoms with Crippen molar-refractivity contribution < 1.29 is 4.74 Å². The number of thiazole rings is 1. The van der Waals surface area contributed by atoms with Gasteiger partial charge in [0.25, 0.3) is 0 Å². The van der Waals surface area contributed by atoms with E-state index in [-0.39, 0.29) is 0 Å². The average molecular weight is 279 g/mol. The van der Waals surface area contributed by atoms with Crippen molar-refractivity contribution in [2.24, 2.45) is 0 Å². The van der Waals surface area contributed by atoms with Crippen LogP contribution in [0.4, 0.5) is 11.6 Å². The van der Waals surface area contributed by atoms with Crippen LogP contribution in [-0.4, -0.2) is 28.6 Å². The van der Waals surface area contributed by atoms with Crippen LogP contribution in [-0.2, 0) is 6.54 Å². The molecule has 2 heterocycles. The van der Waals surface area contributed by atoms with Crippen LogP contribution in [0.15, 0.2) is 12.5 Å². The first-order chi connectivity index (χ1) is 9.24. The van der Waals surface area contributed by atoms with Gasteiger partial charge in [-0.05, 0) is 13.8 Å². The molecule has 102 valence electrons. The molecule has 2 N–H and O–H groups in total. The second-order valence-electron chi connectivity index (χ2n) is 3.83. The molecule has 6 nitrogen and oxygen atoms in total. The number of ether oxygens (including phenoxy) is 1. The fraction of sp³-hybridized carbons (Fsp3) is 0.417. The van der Waals surface area contributed by atoms with Crippen LogP contribution in [0.2, 0.25) is 0 Å². The Bertz CT molecular complexity index is 543. The molecule has 0 saturated heterocycles. The molecule has 0 spiro atoms. The van der Waals surface area contributed by atoms with Gasteiger partial charge in [-0.3, -0.25) is 0 Å². The Labute approximate surface area is 116 Å². The zero-order valence-electron chi connectivity index (χ0n) is 11.2. The molecular weight excluding hydrogens is 262 g/mol. The Morgan fingerprint density at radius 1 is 1.21 bits per heavy atom. The van der Waals surface area contributed by atoms with E-state index in [2.05, 4.69) is 25.6 Å². The molecule has 0 saturated carbocycles. The summed E-state index contributed by atoms with van der Waals surface area (Å²) in [5, 5.41) is 7.45. The third-order valence-corrected chi connectivity index (χ3v) is 3.36. The number of nitrogens with one attached hydrogen (secondary N) is 2. The van der Waals surface area contributed by atoms with Gasteiger partial charge in [0.2, 0.25) is 5.75 Å². The van der Waals surface area contributed by atoms with E-state index in [9.17, 15) is 0 Å². The average Bonchev–Trinajstić information content (AvgIpc) is 2.83. The number of aryl methyl sites for hydroxylation is 1. The van der Waals surface area contributed by atoms with Crippen molar-refractivity contribution in [2.75, 3.05) is 24.3 Å².